The summed E-state index contributed by atoms with van der Waals surface area (Å²) >= 11 is 5.94. The Morgan fingerprint density at radius 1 is 1.03 bits per heavy atom. The molecule has 0 aromatic heterocycles. The highest BCUT2D eigenvalue weighted by molar-refractivity contribution is 6.31. The average molecular weight is 408 g/mol. The van der Waals surface area contributed by atoms with Crippen LogP contribution in [0.25, 0.3) is 11.1 Å². The minimum absolute atomic E-state index is 0.0709. The van der Waals surface area contributed by atoms with E-state index < -0.39 is 12.1 Å². The number of hydrogen-bond acceptors (Lipinski definition) is 3. The summed E-state index contributed by atoms with van der Waals surface area (Å²) in [6.07, 6.45) is -0.709. The minimum Gasteiger partial charge on any atom is -0.478 e. The van der Waals surface area contributed by atoms with E-state index in [1.807, 2.05) is 36.4 Å². The van der Waals surface area contributed by atoms with Gasteiger partial charge in [0.2, 0.25) is 0 Å². The van der Waals surface area contributed by atoms with Crippen molar-refractivity contribution in [2.75, 3.05) is 11.9 Å². The van der Waals surface area contributed by atoms with Crippen molar-refractivity contribution in [2.24, 2.45) is 0 Å². The van der Waals surface area contributed by atoms with E-state index in [1.54, 1.807) is 13.0 Å². The smallest absolute Gasteiger partial charge is 0.411 e. The number of hydrogen-bond donors (Lipinski definition) is 2. The average Bonchev–Trinajstić information content (AvgIpc) is 3.02. The van der Waals surface area contributed by atoms with Gasteiger partial charge >= 0.3 is 12.1 Å². The molecule has 0 heterocycles. The molecule has 0 atom stereocenters. The van der Waals surface area contributed by atoms with E-state index in [9.17, 15) is 14.7 Å². The largest absolute Gasteiger partial charge is 0.478 e. The number of carbonyl (C=O) groups is 2. The van der Waals surface area contributed by atoms with Crippen molar-refractivity contribution in [3.63, 3.8) is 0 Å². The summed E-state index contributed by atoms with van der Waals surface area (Å²) in [6, 6.07) is 19.0. The molecule has 0 radical (unpaired) electrons. The summed E-state index contributed by atoms with van der Waals surface area (Å²) in [4.78, 5) is 23.9. The van der Waals surface area contributed by atoms with Gasteiger partial charge in [0.05, 0.1) is 11.3 Å². The summed E-state index contributed by atoms with van der Waals surface area (Å²) in [7, 11) is 0. The summed E-state index contributed by atoms with van der Waals surface area (Å²) < 4.78 is 5.49. The maximum absolute atomic E-state index is 12.4. The zero-order valence-corrected chi connectivity index (χ0v) is 16.4. The first-order valence-corrected chi connectivity index (χ1v) is 9.49. The van der Waals surface area contributed by atoms with Crippen molar-refractivity contribution in [2.45, 2.75) is 12.8 Å². The van der Waals surface area contributed by atoms with Crippen LogP contribution < -0.4 is 5.32 Å². The van der Waals surface area contributed by atoms with E-state index in [4.69, 9.17) is 16.3 Å². The molecule has 0 bridgehead atoms. The molecule has 3 aromatic carbocycles. The zero-order valence-electron chi connectivity index (χ0n) is 15.6. The Labute approximate surface area is 172 Å². The van der Waals surface area contributed by atoms with Crippen LogP contribution in [0.1, 0.15) is 33.0 Å². The summed E-state index contributed by atoms with van der Waals surface area (Å²) in [5.41, 5.74) is 5.13. The molecular weight excluding hydrogens is 390 g/mol. The number of aryl methyl sites for hydroxylation is 1. The fourth-order valence-electron chi connectivity index (χ4n) is 3.81. The second-order valence-electron chi connectivity index (χ2n) is 6.90. The maximum atomic E-state index is 12.4. The van der Waals surface area contributed by atoms with E-state index in [1.165, 1.54) is 6.07 Å². The normalized spacial score (nSPS) is 12.2. The molecule has 1 aliphatic rings. The highest BCUT2D eigenvalue weighted by Gasteiger charge is 2.29. The van der Waals surface area contributed by atoms with Crippen LogP contribution in [0.2, 0.25) is 5.02 Å². The van der Waals surface area contributed by atoms with Crippen LogP contribution in [-0.2, 0) is 4.74 Å². The number of ether oxygens (including phenoxy) is 1. The van der Waals surface area contributed by atoms with Gasteiger partial charge in [-0.2, -0.15) is 0 Å². The van der Waals surface area contributed by atoms with Gasteiger partial charge in [-0.05, 0) is 46.9 Å². The number of aromatic carboxylic acids is 1. The van der Waals surface area contributed by atoms with E-state index in [-0.39, 0.29) is 28.8 Å². The molecule has 1 amide bonds. The number of rotatable bonds is 4. The molecule has 29 heavy (non-hydrogen) atoms. The van der Waals surface area contributed by atoms with E-state index in [0.29, 0.717) is 5.56 Å². The number of carbonyl (C=O) groups excluding carboxylic acids is 1. The van der Waals surface area contributed by atoms with Crippen molar-refractivity contribution < 1.29 is 19.4 Å². The topological polar surface area (TPSA) is 75.6 Å². The lowest BCUT2D eigenvalue weighted by Gasteiger charge is -2.16. The first-order valence-electron chi connectivity index (χ1n) is 9.11. The Kier molecular flexibility index (Phi) is 4.99. The van der Waals surface area contributed by atoms with Crippen molar-refractivity contribution in [3.05, 3.63) is 87.9 Å². The van der Waals surface area contributed by atoms with E-state index in [0.717, 1.165) is 22.3 Å². The van der Waals surface area contributed by atoms with Crippen LogP contribution in [0.4, 0.5) is 10.5 Å². The molecule has 0 saturated carbocycles. The van der Waals surface area contributed by atoms with Crippen LogP contribution in [0.3, 0.4) is 0 Å². The lowest BCUT2D eigenvalue weighted by atomic mass is 9.98. The van der Waals surface area contributed by atoms with Gasteiger partial charge < -0.3 is 9.84 Å². The molecular formula is C23H18ClNO4. The number of anilines is 1. The molecule has 4 rings (SSSR count). The Bertz CT molecular complexity index is 1080. The molecule has 1 aliphatic carbocycles. The lowest BCUT2D eigenvalue weighted by Crippen LogP contribution is -2.20. The van der Waals surface area contributed by atoms with E-state index in [2.05, 4.69) is 17.4 Å². The number of amides is 1. The molecule has 3 aromatic rings. The van der Waals surface area contributed by atoms with Gasteiger partial charge in [-0.15, -0.1) is 0 Å². The standard InChI is InChI=1S/C23H18ClNO4/c1-13-10-14(24)11-19(22(26)27)21(13)25-23(28)29-12-20-17-8-4-2-6-15(17)16-7-3-5-9-18(16)20/h2-11,20H,12H2,1H3,(H,25,28)(H,26,27). The molecule has 0 saturated heterocycles. The minimum atomic E-state index is -1.18. The monoisotopic (exact) mass is 407 g/mol. The van der Waals surface area contributed by atoms with Crippen LogP contribution >= 0.6 is 11.6 Å². The second kappa shape index (κ2) is 7.60. The quantitative estimate of drug-likeness (QED) is 0.581. The number of fused-ring (bicyclic) bond motifs is 3. The van der Waals surface area contributed by atoms with Crippen molar-refractivity contribution >= 4 is 29.4 Å². The zero-order chi connectivity index (χ0) is 20.5. The molecule has 0 aliphatic heterocycles. The summed E-state index contributed by atoms with van der Waals surface area (Å²) in [5.74, 6) is -1.25. The Hall–Kier alpha value is -3.31. The van der Waals surface area contributed by atoms with Gasteiger partial charge in [0, 0.05) is 10.9 Å². The Balaban J connectivity index is 1.54. The van der Waals surface area contributed by atoms with Gasteiger partial charge in [-0.1, -0.05) is 60.1 Å². The SMILES string of the molecule is Cc1cc(Cl)cc(C(=O)O)c1NC(=O)OCC1c2ccccc2-c2ccccc21. The fraction of sp³-hybridized carbons (Fsp3) is 0.130. The third-order valence-corrected chi connectivity index (χ3v) is 5.32. The van der Waals surface area contributed by atoms with Gasteiger partial charge in [0.15, 0.2) is 0 Å². The van der Waals surface area contributed by atoms with Crippen LogP contribution in [0.5, 0.6) is 0 Å². The Morgan fingerprint density at radius 2 is 1.62 bits per heavy atom. The third kappa shape index (κ3) is 3.57. The van der Waals surface area contributed by atoms with Crippen LogP contribution in [-0.4, -0.2) is 23.8 Å². The van der Waals surface area contributed by atoms with Gasteiger partial charge in [0.1, 0.15) is 6.61 Å². The van der Waals surface area contributed by atoms with Gasteiger partial charge in [0.25, 0.3) is 0 Å². The molecule has 2 N–H and O–H groups in total. The molecule has 0 unspecified atom stereocenters. The van der Waals surface area contributed by atoms with Crippen molar-refractivity contribution in [1.82, 2.24) is 0 Å². The van der Waals surface area contributed by atoms with Gasteiger partial charge in [-0.25, -0.2) is 9.59 Å². The molecule has 5 nitrogen and oxygen atoms in total. The predicted molar refractivity (Wildman–Crippen MR) is 112 cm³/mol. The molecule has 6 heteroatoms. The highest BCUT2D eigenvalue weighted by Crippen LogP contribution is 2.44. The van der Waals surface area contributed by atoms with Crippen molar-refractivity contribution in [3.8, 4) is 11.1 Å². The number of carboxylic acids is 1. The predicted octanol–water partition coefficient (Wildman–Crippen LogP) is 5.71. The van der Waals surface area contributed by atoms with Crippen LogP contribution in [0, 0.1) is 6.92 Å². The fourth-order valence-corrected chi connectivity index (χ4v) is 4.09. The first kappa shape index (κ1) is 19.0. The third-order valence-electron chi connectivity index (χ3n) is 5.10. The Morgan fingerprint density at radius 3 is 2.21 bits per heavy atom. The van der Waals surface area contributed by atoms with E-state index >= 15 is 0 Å². The van der Waals surface area contributed by atoms with Crippen molar-refractivity contribution in [1.29, 1.82) is 0 Å². The second-order valence-corrected chi connectivity index (χ2v) is 7.34. The van der Waals surface area contributed by atoms with Gasteiger partial charge in [-0.3, -0.25) is 5.32 Å². The first-order chi connectivity index (χ1) is 14.0. The number of halogens is 1. The number of benzene rings is 3. The summed E-state index contributed by atoms with van der Waals surface area (Å²) in [5, 5.41) is 12.2. The molecule has 0 fully saturated rings. The maximum Gasteiger partial charge on any atom is 0.411 e. The molecule has 0 spiro atoms. The highest BCUT2D eigenvalue weighted by atomic mass is 35.5. The number of carboxylic acid groups (broad SMARTS) is 1. The molecule has 146 valence electrons. The summed E-state index contributed by atoms with van der Waals surface area (Å²) in [6.45, 7) is 1.83. The lowest BCUT2D eigenvalue weighted by molar-refractivity contribution is 0.0698. The van der Waals surface area contributed by atoms with Crippen LogP contribution in [0.15, 0.2) is 60.7 Å². The number of nitrogens with one attached hydrogen (secondary N) is 1.